The Bertz CT molecular complexity index is 775. The van der Waals surface area contributed by atoms with E-state index in [2.05, 4.69) is 10.2 Å². The van der Waals surface area contributed by atoms with Crippen LogP contribution < -0.4 is 0 Å². The first-order valence-electron chi connectivity index (χ1n) is 7.71. The Morgan fingerprint density at radius 3 is 2.40 bits per heavy atom. The highest BCUT2D eigenvalue weighted by molar-refractivity contribution is 7.53. The second kappa shape index (κ2) is 7.86. The highest BCUT2D eigenvalue weighted by Crippen LogP contribution is 2.53. The topological polar surface area (TPSA) is 118 Å². The minimum absolute atomic E-state index is 0.0751. The molecule has 9 nitrogen and oxygen atoms in total. The summed E-state index contributed by atoms with van der Waals surface area (Å²) in [7, 11) is -3.46. The SMILES string of the molecule is CC(C)OP(=O)(Cc1nnc(-c2cccc([N+](=O)[O-])c2)o1)OC(C)C. The Balaban J connectivity index is 2.23. The van der Waals surface area contributed by atoms with E-state index in [1.807, 2.05) is 0 Å². The molecule has 2 rings (SSSR count). The van der Waals surface area contributed by atoms with Gasteiger partial charge in [-0.1, -0.05) is 6.07 Å². The number of nitro benzene ring substituents is 1. The molecule has 0 aliphatic carbocycles. The van der Waals surface area contributed by atoms with Crippen LogP contribution in [0.4, 0.5) is 5.69 Å². The van der Waals surface area contributed by atoms with Crippen molar-refractivity contribution in [2.45, 2.75) is 46.1 Å². The lowest BCUT2D eigenvalue weighted by Crippen LogP contribution is -2.09. The van der Waals surface area contributed by atoms with Gasteiger partial charge >= 0.3 is 7.60 Å². The van der Waals surface area contributed by atoms with Gasteiger partial charge in [-0.15, -0.1) is 10.2 Å². The van der Waals surface area contributed by atoms with Crippen LogP contribution in [0.15, 0.2) is 28.7 Å². The maximum Gasteiger partial charge on any atom is 0.340 e. The van der Waals surface area contributed by atoms with Crippen LogP contribution >= 0.6 is 7.60 Å². The maximum absolute atomic E-state index is 12.8. The normalized spacial score (nSPS) is 12.1. The molecule has 10 heteroatoms. The number of nitro groups is 1. The summed E-state index contributed by atoms with van der Waals surface area (Å²) in [6, 6.07) is 5.82. The lowest BCUT2D eigenvalue weighted by atomic mass is 10.2. The van der Waals surface area contributed by atoms with Gasteiger partial charge in [0.05, 0.1) is 17.1 Å². The molecule has 0 bridgehead atoms. The molecule has 0 aliphatic heterocycles. The Hall–Kier alpha value is -2.09. The summed E-state index contributed by atoms with van der Waals surface area (Å²) >= 11 is 0. The highest BCUT2D eigenvalue weighted by Gasteiger charge is 2.31. The molecule has 136 valence electrons. The maximum atomic E-state index is 12.8. The zero-order valence-electron chi connectivity index (χ0n) is 14.4. The number of hydrogen-bond donors (Lipinski definition) is 0. The molecule has 1 aromatic heterocycles. The highest BCUT2D eigenvalue weighted by atomic mass is 31.2. The summed E-state index contributed by atoms with van der Waals surface area (Å²) in [4.78, 5) is 10.3. The number of benzene rings is 1. The van der Waals surface area contributed by atoms with E-state index in [-0.39, 0.29) is 35.8 Å². The monoisotopic (exact) mass is 369 g/mol. The predicted molar refractivity (Wildman–Crippen MR) is 90.1 cm³/mol. The third-order valence-corrected chi connectivity index (χ3v) is 4.99. The van der Waals surface area contributed by atoms with Crippen LogP contribution in [0.1, 0.15) is 33.6 Å². The number of hydrogen-bond acceptors (Lipinski definition) is 8. The van der Waals surface area contributed by atoms with E-state index in [0.29, 0.717) is 5.56 Å². The first-order valence-corrected chi connectivity index (χ1v) is 9.44. The molecule has 0 aliphatic rings. The Labute approximate surface area is 145 Å². The van der Waals surface area contributed by atoms with Crippen molar-refractivity contribution in [3.63, 3.8) is 0 Å². The van der Waals surface area contributed by atoms with E-state index in [1.54, 1.807) is 33.8 Å². The third kappa shape index (κ3) is 5.45. The average molecular weight is 369 g/mol. The van der Waals surface area contributed by atoms with E-state index < -0.39 is 12.5 Å². The lowest BCUT2D eigenvalue weighted by Gasteiger charge is -2.21. The van der Waals surface area contributed by atoms with Crippen LogP contribution in [0.3, 0.4) is 0 Å². The molecule has 1 heterocycles. The van der Waals surface area contributed by atoms with Crippen LogP contribution in [-0.4, -0.2) is 27.3 Å². The second-order valence-electron chi connectivity index (χ2n) is 5.89. The molecular weight excluding hydrogens is 349 g/mol. The summed E-state index contributed by atoms with van der Waals surface area (Å²) in [6.07, 6.45) is -0.779. The van der Waals surface area contributed by atoms with E-state index in [0.717, 1.165) is 0 Å². The van der Waals surface area contributed by atoms with Crippen LogP contribution in [0.25, 0.3) is 11.5 Å². The Kier molecular flexibility index (Phi) is 6.05. The van der Waals surface area contributed by atoms with Crippen LogP contribution in [0.5, 0.6) is 0 Å². The molecule has 25 heavy (non-hydrogen) atoms. The minimum atomic E-state index is -3.46. The van der Waals surface area contributed by atoms with Gasteiger partial charge in [-0.25, -0.2) is 0 Å². The Morgan fingerprint density at radius 1 is 1.20 bits per heavy atom. The van der Waals surface area contributed by atoms with Crippen LogP contribution in [-0.2, 0) is 19.8 Å². The predicted octanol–water partition coefficient (Wildman–Crippen LogP) is 4.19. The fourth-order valence-electron chi connectivity index (χ4n) is 2.09. The van der Waals surface area contributed by atoms with Crippen molar-refractivity contribution in [1.29, 1.82) is 0 Å². The van der Waals surface area contributed by atoms with Gasteiger partial charge in [0.2, 0.25) is 11.8 Å². The lowest BCUT2D eigenvalue weighted by molar-refractivity contribution is -0.384. The van der Waals surface area contributed by atoms with Crippen molar-refractivity contribution in [2.75, 3.05) is 0 Å². The zero-order chi connectivity index (χ0) is 18.6. The summed E-state index contributed by atoms with van der Waals surface area (Å²) in [5.41, 5.74) is 0.312. The molecule has 0 atom stereocenters. The first-order chi connectivity index (χ1) is 11.7. The number of nitrogens with zero attached hydrogens (tertiary/aromatic N) is 3. The summed E-state index contributed by atoms with van der Waals surface area (Å²) < 4.78 is 29.2. The van der Waals surface area contributed by atoms with E-state index in [1.165, 1.54) is 18.2 Å². The largest absolute Gasteiger partial charge is 0.420 e. The third-order valence-electron chi connectivity index (χ3n) is 2.84. The molecule has 0 N–H and O–H groups in total. The van der Waals surface area contributed by atoms with Crippen molar-refractivity contribution in [1.82, 2.24) is 10.2 Å². The number of non-ortho nitro benzene ring substituents is 1. The molecule has 0 fully saturated rings. The van der Waals surface area contributed by atoms with Crippen molar-refractivity contribution in [2.24, 2.45) is 0 Å². The number of rotatable bonds is 8. The van der Waals surface area contributed by atoms with Crippen LogP contribution in [0, 0.1) is 10.1 Å². The van der Waals surface area contributed by atoms with E-state index in [9.17, 15) is 14.7 Å². The molecule has 0 spiro atoms. The fourth-order valence-corrected chi connectivity index (χ4v) is 4.04. The van der Waals surface area contributed by atoms with Gasteiger partial charge in [0.15, 0.2) is 0 Å². The molecule has 0 unspecified atom stereocenters. The smallest absolute Gasteiger partial charge is 0.340 e. The van der Waals surface area contributed by atoms with Gasteiger partial charge in [-0.05, 0) is 33.8 Å². The van der Waals surface area contributed by atoms with Crippen LogP contribution in [0.2, 0.25) is 0 Å². The quantitative estimate of drug-likeness (QED) is 0.386. The summed E-state index contributed by atoms with van der Waals surface area (Å²) in [6.45, 7) is 6.99. The van der Waals surface area contributed by atoms with Gasteiger partial charge in [-0.2, -0.15) is 0 Å². The molecule has 0 saturated carbocycles. The van der Waals surface area contributed by atoms with Gasteiger partial charge in [-0.3, -0.25) is 14.7 Å². The van der Waals surface area contributed by atoms with Crippen molar-refractivity contribution in [3.05, 3.63) is 40.3 Å². The molecule has 1 aromatic carbocycles. The van der Waals surface area contributed by atoms with Crippen molar-refractivity contribution >= 4 is 13.3 Å². The fraction of sp³-hybridized carbons (Fsp3) is 0.467. The molecule has 0 amide bonds. The zero-order valence-corrected chi connectivity index (χ0v) is 15.3. The van der Waals surface area contributed by atoms with Gasteiger partial charge in [0, 0.05) is 17.7 Å². The standard InChI is InChI=1S/C15H20N3O6P/c1-10(2)23-25(21,24-11(3)4)9-14-16-17-15(22-14)12-6-5-7-13(8-12)18(19)20/h5-8,10-11H,9H2,1-4H3. The van der Waals surface area contributed by atoms with E-state index in [4.69, 9.17) is 13.5 Å². The molecular formula is C15H20N3O6P. The molecule has 0 saturated heterocycles. The number of aromatic nitrogens is 2. The summed E-state index contributed by atoms with van der Waals surface area (Å²) in [5.74, 6) is 0.172. The van der Waals surface area contributed by atoms with Crippen molar-refractivity contribution in [3.8, 4) is 11.5 Å². The second-order valence-corrected chi connectivity index (χ2v) is 7.85. The van der Waals surface area contributed by atoms with Gasteiger partial charge in [0.25, 0.3) is 5.69 Å². The molecule has 2 aromatic rings. The Morgan fingerprint density at radius 2 is 1.84 bits per heavy atom. The molecule has 0 radical (unpaired) electrons. The average Bonchev–Trinajstić information content (AvgIpc) is 2.93. The van der Waals surface area contributed by atoms with Gasteiger partial charge < -0.3 is 13.5 Å². The van der Waals surface area contributed by atoms with E-state index >= 15 is 0 Å². The van der Waals surface area contributed by atoms with Gasteiger partial charge in [0.1, 0.15) is 6.16 Å². The minimum Gasteiger partial charge on any atom is -0.420 e. The van der Waals surface area contributed by atoms with Crippen molar-refractivity contribution < 1.29 is 23.0 Å². The first kappa shape index (κ1) is 19.2. The summed E-state index contributed by atoms with van der Waals surface area (Å²) in [5, 5.41) is 18.6.